The monoisotopic (exact) mass is 446 g/mol. The third-order valence-electron chi connectivity index (χ3n) is 5.90. The summed E-state index contributed by atoms with van der Waals surface area (Å²) in [6.07, 6.45) is 2.54. The summed E-state index contributed by atoms with van der Waals surface area (Å²) in [6, 6.07) is 13.8. The third-order valence-corrected chi connectivity index (χ3v) is 7.87. The van der Waals surface area contributed by atoms with Crippen LogP contribution in [0.3, 0.4) is 0 Å². The van der Waals surface area contributed by atoms with Gasteiger partial charge in [0.05, 0.1) is 19.8 Å². The highest BCUT2D eigenvalue weighted by molar-refractivity contribution is 7.86. The van der Waals surface area contributed by atoms with Gasteiger partial charge in [0.15, 0.2) is 0 Å². The van der Waals surface area contributed by atoms with Crippen molar-refractivity contribution in [3.8, 4) is 5.88 Å². The highest BCUT2D eigenvalue weighted by Gasteiger charge is 2.38. The fourth-order valence-corrected chi connectivity index (χ4v) is 5.94. The lowest BCUT2D eigenvalue weighted by Gasteiger charge is -2.40. The fraction of sp³-hybridized carbons (Fsp3) is 0.500. The van der Waals surface area contributed by atoms with Gasteiger partial charge >= 0.3 is 0 Å². The second-order valence-corrected chi connectivity index (χ2v) is 9.99. The molecule has 8 nitrogen and oxygen atoms in total. The number of nitrogens with zero attached hydrogens (tertiary/aromatic N) is 3. The van der Waals surface area contributed by atoms with E-state index in [-0.39, 0.29) is 11.8 Å². The maximum absolute atomic E-state index is 13.4. The number of benzene rings is 1. The average Bonchev–Trinajstić information content (AvgIpc) is 2.84. The molecule has 0 aliphatic carbocycles. The van der Waals surface area contributed by atoms with Gasteiger partial charge < -0.3 is 15.2 Å². The van der Waals surface area contributed by atoms with Gasteiger partial charge in [0.2, 0.25) is 5.88 Å². The highest BCUT2D eigenvalue weighted by atomic mass is 32.2. The maximum Gasteiger partial charge on any atom is 0.282 e. The molecule has 9 heteroatoms. The van der Waals surface area contributed by atoms with Crippen molar-refractivity contribution in [1.82, 2.24) is 13.6 Å². The molecule has 0 saturated carbocycles. The van der Waals surface area contributed by atoms with Crippen molar-refractivity contribution in [3.05, 3.63) is 59.8 Å². The predicted molar refractivity (Wildman–Crippen MR) is 118 cm³/mol. The standard InChI is InChI=1S/C22H30N4O4S/c23-14-18-6-7-24-22(13-18)30-17-19-12-21(20-4-2-1-3-5-20)16-26(15-19)31(27,28)25-8-10-29-11-9-25/h1-7,13,19,21H,8-12,14-17,23H2. The number of rotatable bonds is 7. The molecule has 2 aromatic rings. The van der Waals surface area contributed by atoms with E-state index in [0.29, 0.717) is 58.4 Å². The maximum atomic E-state index is 13.4. The number of aromatic nitrogens is 1. The molecule has 1 aromatic carbocycles. The van der Waals surface area contributed by atoms with Crippen molar-refractivity contribution >= 4 is 10.2 Å². The Kier molecular flexibility index (Phi) is 7.19. The van der Waals surface area contributed by atoms with Gasteiger partial charge in [-0.25, -0.2) is 4.98 Å². The summed E-state index contributed by atoms with van der Waals surface area (Å²) in [5, 5.41) is 0. The SMILES string of the molecule is NCc1ccnc(OCC2CC(c3ccccc3)CN(S(=O)(=O)N3CCOCC3)C2)c1. The zero-order chi connectivity index (χ0) is 21.7. The van der Waals surface area contributed by atoms with Crippen molar-refractivity contribution in [1.29, 1.82) is 0 Å². The molecule has 168 valence electrons. The molecule has 31 heavy (non-hydrogen) atoms. The predicted octanol–water partition coefficient (Wildman–Crippen LogP) is 1.60. The van der Waals surface area contributed by atoms with E-state index < -0.39 is 10.2 Å². The molecule has 2 unspecified atom stereocenters. The summed E-state index contributed by atoms with van der Waals surface area (Å²) in [4.78, 5) is 4.26. The number of pyridine rings is 1. The van der Waals surface area contributed by atoms with Crippen LogP contribution in [0.1, 0.15) is 23.5 Å². The highest BCUT2D eigenvalue weighted by Crippen LogP contribution is 2.33. The second-order valence-electron chi connectivity index (χ2n) is 8.06. The fourth-order valence-electron chi connectivity index (χ4n) is 4.24. The van der Waals surface area contributed by atoms with Crippen LogP contribution >= 0.6 is 0 Å². The molecule has 2 aliphatic rings. The molecule has 0 radical (unpaired) electrons. The summed E-state index contributed by atoms with van der Waals surface area (Å²) < 4.78 is 41.2. The molecule has 2 aliphatic heterocycles. The van der Waals surface area contributed by atoms with Crippen molar-refractivity contribution in [2.75, 3.05) is 46.0 Å². The largest absolute Gasteiger partial charge is 0.477 e. The topological polar surface area (TPSA) is 98.0 Å². The first-order chi connectivity index (χ1) is 15.1. The number of hydrogen-bond donors (Lipinski definition) is 1. The van der Waals surface area contributed by atoms with E-state index in [2.05, 4.69) is 17.1 Å². The summed E-state index contributed by atoms with van der Waals surface area (Å²) in [5.41, 5.74) is 7.81. The van der Waals surface area contributed by atoms with Crippen molar-refractivity contribution in [3.63, 3.8) is 0 Å². The summed E-state index contributed by atoms with van der Waals surface area (Å²) in [5.74, 6) is 0.688. The van der Waals surface area contributed by atoms with Crippen molar-refractivity contribution < 1.29 is 17.9 Å². The van der Waals surface area contributed by atoms with Crippen molar-refractivity contribution in [2.24, 2.45) is 11.7 Å². The number of hydrogen-bond acceptors (Lipinski definition) is 6. The lowest BCUT2D eigenvalue weighted by molar-refractivity contribution is 0.0678. The third kappa shape index (κ3) is 5.42. The normalized spacial score (nSPS) is 23.5. The van der Waals surface area contributed by atoms with Gasteiger partial charge in [-0.2, -0.15) is 17.0 Å². The first-order valence-electron chi connectivity index (χ1n) is 10.7. The van der Waals surface area contributed by atoms with Gasteiger partial charge in [-0.3, -0.25) is 0 Å². The van der Waals surface area contributed by atoms with Crippen LogP contribution in [0.25, 0.3) is 0 Å². The molecule has 0 amide bonds. The second kappa shape index (κ2) is 10.1. The van der Waals surface area contributed by atoms with Crippen LogP contribution in [0, 0.1) is 5.92 Å². The zero-order valence-electron chi connectivity index (χ0n) is 17.6. The van der Waals surface area contributed by atoms with Gasteiger partial charge in [-0.05, 0) is 29.5 Å². The molecule has 0 spiro atoms. The summed E-state index contributed by atoms with van der Waals surface area (Å²) in [7, 11) is -3.55. The van der Waals surface area contributed by atoms with Crippen LogP contribution in [0.15, 0.2) is 48.7 Å². The van der Waals surface area contributed by atoms with Crippen LogP contribution in [-0.2, 0) is 21.5 Å². The first kappa shape index (κ1) is 22.2. The van der Waals surface area contributed by atoms with E-state index in [9.17, 15) is 8.42 Å². The Labute approximate surface area is 184 Å². The minimum Gasteiger partial charge on any atom is -0.477 e. The Morgan fingerprint density at radius 3 is 2.61 bits per heavy atom. The van der Waals surface area contributed by atoms with Gasteiger partial charge in [-0.15, -0.1) is 0 Å². The number of morpholine rings is 1. The van der Waals surface area contributed by atoms with E-state index in [1.807, 2.05) is 30.3 Å². The average molecular weight is 447 g/mol. The van der Waals surface area contributed by atoms with E-state index in [4.69, 9.17) is 15.2 Å². The quantitative estimate of drug-likeness (QED) is 0.694. The molecule has 1 aromatic heterocycles. The Hall–Kier alpha value is -2.04. The Balaban J connectivity index is 1.51. The van der Waals surface area contributed by atoms with Crippen LogP contribution in [0.4, 0.5) is 0 Å². The lowest BCUT2D eigenvalue weighted by Crippen LogP contribution is -2.53. The molecular formula is C22H30N4O4S. The minimum atomic E-state index is -3.55. The van der Waals surface area contributed by atoms with E-state index in [0.717, 1.165) is 17.5 Å². The summed E-state index contributed by atoms with van der Waals surface area (Å²) >= 11 is 0. The smallest absolute Gasteiger partial charge is 0.282 e. The molecule has 2 saturated heterocycles. The summed E-state index contributed by atoms with van der Waals surface area (Å²) in [6.45, 7) is 3.39. The van der Waals surface area contributed by atoms with E-state index >= 15 is 0 Å². The van der Waals surface area contributed by atoms with Crippen LogP contribution in [-0.4, -0.2) is 68.0 Å². The van der Waals surface area contributed by atoms with Crippen LogP contribution < -0.4 is 10.5 Å². The molecule has 0 bridgehead atoms. The first-order valence-corrected chi connectivity index (χ1v) is 12.1. The Morgan fingerprint density at radius 1 is 1.10 bits per heavy atom. The van der Waals surface area contributed by atoms with Gasteiger partial charge in [0.1, 0.15) is 0 Å². The molecule has 4 rings (SSSR count). The number of piperidine rings is 1. The zero-order valence-corrected chi connectivity index (χ0v) is 18.4. The number of nitrogens with two attached hydrogens (primary N) is 1. The van der Waals surface area contributed by atoms with E-state index in [1.54, 1.807) is 10.5 Å². The lowest BCUT2D eigenvalue weighted by atomic mass is 9.86. The van der Waals surface area contributed by atoms with Gasteiger partial charge in [-0.1, -0.05) is 30.3 Å². The number of ether oxygens (including phenoxy) is 2. The Bertz CT molecular complexity index is 951. The molecule has 3 heterocycles. The Morgan fingerprint density at radius 2 is 1.87 bits per heavy atom. The van der Waals surface area contributed by atoms with Crippen LogP contribution in [0.5, 0.6) is 5.88 Å². The molecule has 2 N–H and O–H groups in total. The molecular weight excluding hydrogens is 416 g/mol. The van der Waals surface area contributed by atoms with Gasteiger partial charge in [0, 0.05) is 50.9 Å². The van der Waals surface area contributed by atoms with Gasteiger partial charge in [0.25, 0.3) is 10.2 Å². The van der Waals surface area contributed by atoms with Crippen molar-refractivity contribution in [2.45, 2.75) is 18.9 Å². The van der Waals surface area contributed by atoms with Crippen LogP contribution in [0.2, 0.25) is 0 Å². The molecule has 2 fully saturated rings. The van der Waals surface area contributed by atoms with E-state index in [1.165, 1.54) is 4.31 Å². The molecule has 2 atom stereocenters. The minimum absolute atomic E-state index is 0.0538.